The van der Waals surface area contributed by atoms with Gasteiger partial charge in [0, 0.05) is 44.3 Å². The lowest BCUT2D eigenvalue weighted by molar-refractivity contribution is -0.133. The highest BCUT2D eigenvalue weighted by molar-refractivity contribution is 7.89. The molecule has 2 aromatic carbocycles. The number of para-hydroxylation sites is 1. The van der Waals surface area contributed by atoms with Gasteiger partial charge in [0.2, 0.25) is 15.9 Å². The van der Waals surface area contributed by atoms with Gasteiger partial charge in [0.25, 0.3) is 0 Å². The Morgan fingerprint density at radius 2 is 1.72 bits per heavy atom. The van der Waals surface area contributed by atoms with Crippen LogP contribution in [0.3, 0.4) is 0 Å². The molecule has 0 radical (unpaired) electrons. The molecule has 1 amide bonds. The third-order valence-electron chi connectivity index (χ3n) is 6.79. The minimum absolute atomic E-state index is 0.0935. The Balaban J connectivity index is 1.44. The number of hydrogen-bond donors (Lipinski definition) is 0. The summed E-state index contributed by atoms with van der Waals surface area (Å²) in [6, 6.07) is 21.9. The zero-order valence-corrected chi connectivity index (χ0v) is 22.5. The van der Waals surface area contributed by atoms with Crippen LogP contribution in [0.4, 0.5) is 0 Å². The van der Waals surface area contributed by atoms with Crippen molar-refractivity contribution < 1.29 is 22.4 Å². The monoisotopic (exact) mass is 548 g/mol. The van der Waals surface area contributed by atoms with Crippen molar-refractivity contribution in [1.82, 2.24) is 19.1 Å². The molecule has 0 N–H and O–H groups in total. The van der Waals surface area contributed by atoms with E-state index in [9.17, 15) is 13.2 Å². The van der Waals surface area contributed by atoms with Gasteiger partial charge in [-0.2, -0.15) is 4.31 Å². The fourth-order valence-corrected chi connectivity index (χ4v) is 6.21. The van der Waals surface area contributed by atoms with E-state index in [2.05, 4.69) is 9.88 Å². The van der Waals surface area contributed by atoms with Crippen LogP contribution in [-0.4, -0.2) is 79.4 Å². The van der Waals surface area contributed by atoms with Gasteiger partial charge >= 0.3 is 0 Å². The third-order valence-corrected chi connectivity index (χ3v) is 8.67. The molecule has 5 rings (SSSR count). The van der Waals surface area contributed by atoms with Crippen molar-refractivity contribution in [3.63, 3.8) is 0 Å². The van der Waals surface area contributed by atoms with Crippen molar-refractivity contribution in [3.8, 4) is 0 Å². The second-order valence-electron chi connectivity index (χ2n) is 9.44. The first-order valence-electron chi connectivity index (χ1n) is 13.0. The molecule has 0 atom stereocenters. The van der Waals surface area contributed by atoms with E-state index in [1.54, 1.807) is 47.7 Å². The Morgan fingerprint density at radius 3 is 2.49 bits per heavy atom. The van der Waals surface area contributed by atoms with Crippen LogP contribution in [0.2, 0.25) is 0 Å². The van der Waals surface area contributed by atoms with Crippen LogP contribution in [0.25, 0.3) is 10.9 Å². The number of sulfonamides is 1. The first-order chi connectivity index (χ1) is 19.0. The normalized spacial score (nSPS) is 14.6. The molecule has 4 aromatic rings. The molecule has 1 fully saturated rings. The molecule has 204 valence electrons. The molecule has 0 bridgehead atoms. The van der Waals surface area contributed by atoms with Crippen molar-refractivity contribution in [2.24, 2.45) is 0 Å². The molecule has 39 heavy (non-hydrogen) atoms. The number of hydrogen-bond acceptors (Lipinski definition) is 7. The number of benzene rings is 2. The molecule has 10 heteroatoms. The third kappa shape index (κ3) is 6.72. The summed E-state index contributed by atoms with van der Waals surface area (Å²) in [6.07, 6.45) is 3.14. The van der Waals surface area contributed by atoms with Crippen molar-refractivity contribution in [2.75, 3.05) is 45.9 Å². The lowest BCUT2D eigenvalue weighted by Crippen LogP contribution is -2.47. The zero-order chi connectivity index (χ0) is 27.1. The highest BCUT2D eigenvalue weighted by atomic mass is 32.2. The maximum atomic E-state index is 14.1. The molecule has 1 saturated heterocycles. The zero-order valence-electron chi connectivity index (χ0n) is 21.7. The number of carbonyl (C=O) groups is 1. The topological polar surface area (TPSA) is 96.2 Å². The van der Waals surface area contributed by atoms with Gasteiger partial charge in [-0.3, -0.25) is 14.7 Å². The predicted molar refractivity (Wildman–Crippen MR) is 147 cm³/mol. The average Bonchev–Trinajstić information content (AvgIpc) is 3.48. The van der Waals surface area contributed by atoms with E-state index in [-0.39, 0.29) is 30.4 Å². The molecule has 0 unspecified atom stereocenters. The second kappa shape index (κ2) is 12.5. The Labute approximate surface area is 228 Å². The summed E-state index contributed by atoms with van der Waals surface area (Å²) in [4.78, 5) is 22.0. The number of rotatable bonds is 11. The van der Waals surface area contributed by atoms with Crippen LogP contribution in [0.5, 0.6) is 0 Å². The molecule has 9 nitrogen and oxygen atoms in total. The molecular weight excluding hydrogens is 516 g/mol. The first kappa shape index (κ1) is 27.0. The van der Waals surface area contributed by atoms with Crippen molar-refractivity contribution in [2.45, 2.75) is 18.0 Å². The number of morpholine rings is 1. The number of pyridine rings is 1. The fraction of sp³-hybridized carbons (Fsp3) is 0.310. The number of nitrogens with zero attached hydrogens (tertiary/aromatic N) is 4. The van der Waals surface area contributed by atoms with Gasteiger partial charge < -0.3 is 14.1 Å². The lowest BCUT2D eigenvalue weighted by atomic mass is 10.2. The summed E-state index contributed by atoms with van der Waals surface area (Å²) < 4.78 is 40.5. The fourth-order valence-electron chi connectivity index (χ4n) is 4.66. The van der Waals surface area contributed by atoms with Crippen LogP contribution in [0, 0.1) is 0 Å². The Bertz CT molecular complexity index is 1470. The first-order valence-corrected chi connectivity index (χ1v) is 14.4. The Kier molecular flexibility index (Phi) is 8.67. The number of amides is 1. The van der Waals surface area contributed by atoms with Gasteiger partial charge in [-0.15, -0.1) is 0 Å². The molecule has 0 aliphatic carbocycles. The number of aromatic nitrogens is 1. The maximum absolute atomic E-state index is 14.1. The number of furan rings is 1. The van der Waals surface area contributed by atoms with E-state index in [1.165, 1.54) is 4.31 Å². The lowest BCUT2D eigenvalue weighted by Gasteiger charge is -2.31. The molecule has 0 saturated carbocycles. The van der Waals surface area contributed by atoms with E-state index < -0.39 is 10.0 Å². The van der Waals surface area contributed by atoms with Crippen LogP contribution in [-0.2, 0) is 32.6 Å². The molecular formula is C29H32N4O5S. The van der Waals surface area contributed by atoms with E-state index in [0.29, 0.717) is 37.6 Å². The summed E-state index contributed by atoms with van der Waals surface area (Å²) in [6.45, 7) is 3.56. The van der Waals surface area contributed by atoms with Crippen LogP contribution >= 0.6 is 0 Å². The van der Waals surface area contributed by atoms with Crippen LogP contribution < -0.4 is 0 Å². The second-order valence-corrected chi connectivity index (χ2v) is 11.3. The summed E-state index contributed by atoms with van der Waals surface area (Å²) in [5.41, 5.74) is 1.33. The summed E-state index contributed by atoms with van der Waals surface area (Å²) in [5, 5.41) is 0.724. The summed E-state index contributed by atoms with van der Waals surface area (Å²) in [7, 11) is -4.05. The van der Waals surface area contributed by atoms with E-state index in [1.807, 2.05) is 42.5 Å². The van der Waals surface area contributed by atoms with E-state index >= 15 is 0 Å². The summed E-state index contributed by atoms with van der Waals surface area (Å²) in [5.74, 6) is 0.314. The largest absolute Gasteiger partial charge is 0.467 e. The van der Waals surface area contributed by atoms with Gasteiger partial charge in [0.15, 0.2) is 0 Å². The van der Waals surface area contributed by atoms with Crippen molar-refractivity contribution >= 4 is 26.8 Å². The number of ether oxygens (including phenoxy) is 1. The van der Waals surface area contributed by atoms with Crippen LogP contribution in [0.1, 0.15) is 11.3 Å². The number of carbonyl (C=O) groups excluding carboxylic acids is 1. The van der Waals surface area contributed by atoms with Crippen molar-refractivity contribution in [1.29, 1.82) is 0 Å². The SMILES string of the molecule is O=C(CN(CCN1CCOCC1)S(=O)(=O)c1cccc2cccnc12)N(Cc1ccccc1)Cc1ccco1. The standard InChI is InChI=1S/C29H32N4O5S/c34-28(32(22-26-11-6-18-38-26)21-24-7-2-1-3-8-24)23-33(15-14-31-16-19-37-20-17-31)39(35,36)27-12-4-9-25-10-5-13-30-29(25)27/h1-13,18H,14-17,19-23H2. The molecule has 0 spiro atoms. The number of fused-ring (bicyclic) bond motifs is 1. The Morgan fingerprint density at radius 1 is 0.923 bits per heavy atom. The molecule has 1 aliphatic rings. The minimum atomic E-state index is -4.05. The van der Waals surface area contributed by atoms with Crippen LogP contribution in [0.15, 0.2) is 94.6 Å². The average molecular weight is 549 g/mol. The minimum Gasteiger partial charge on any atom is -0.467 e. The quantitative estimate of drug-likeness (QED) is 0.284. The highest BCUT2D eigenvalue weighted by Gasteiger charge is 2.31. The van der Waals surface area contributed by atoms with Gasteiger partial charge in [0.1, 0.15) is 10.7 Å². The maximum Gasteiger partial charge on any atom is 0.245 e. The molecule has 3 heterocycles. The van der Waals surface area contributed by atoms with Gasteiger partial charge in [-0.1, -0.05) is 48.5 Å². The summed E-state index contributed by atoms with van der Waals surface area (Å²) >= 11 is 0. The van der Waals surface area contributed by atoms with Gasteiger partial charge in [-0.05, 0) is 29.8 Å². The molecule has 2 aromatic heterocycles. The molecule has 1 aliphatic heterocycles. The smallest absolute Gasteiger partial charge is 0.245 e. The van der Waals surface area contributed by atoms with E-state index in [4.69, 9.17) is 9.15 Å². The Hall–Kier alpha value is -3.57. The van der Waals surface area contributed by atoms with Crippen molar-refractivity contribution in [3.05, 3.63) is 96.6 Å². The van der Waals surface area contributed by atoms with Gasteiger partial charge in [-0.25, -0.2) is 8.42 Å². The van der Waals surface area contributed by atoms with E-state index in [0.717, 1.165) is 24.0 Å². The predicted octanol–water partition coefficient (Wildman–Crippen LogP) is 3.38. The highest BCUT2D eigenvalue weighted by Crippen LogP contribution is 2.24. The van der Waals surface area contributed by atoms with Gasteiger partial charge in [0.05, 0.1) is 38.1 Å².